The molecular weight excluding hydrogens is 328 g/mol. The second-order valence-electron chi connectivity index (χ2n) is 5.38. The van der Waals surface area contributed by atoms with Crippen molar-refractivity contribution in [3.05, 3.63) is 53.1 Å². The van der Waals surface area contributed by atoms with Crippen LogP contribution in [-0.4, -0.2) is 25.5 Å². The van der Waals surface area contributed by atoms with Crippen molar-refractivity contribution in [1.82, 2.24) is 0 Å². The van der Waals surface area contributed by atoms with Gasteiger partial charge in [0.05, 0.1) is 0 Å². The Morgan fingerprint density at radius 1 is 1.21 bits per heavy atom. The summed E-state index contributed by atoms with van der Waals surface area (Å²) < 4.78 is 5.51. The molecule has 2 rings (SSSR count). The minimum atomic E-state index is -0.285. The van der Waals surface area contributed by atoms with E-state index < -0.39 is 0 Å². The Balaban J connectivity index is 1.97. The molecule has 0 bridgehead atoms. The molecule has 0 saturated carbocycles. The number of amides is 2. The summed E-state index contributed by atoms with van der Waals surface area (Å²) in [7, 11) is 1.68. The van der Waals surface area contributed by atoms with Crippen LogP contribution in [-0.2, 0) is 9.59 Å². The van der Waals surface area contributed by atoms with Gasteiger partial charge in [0.1, 0.15) is 5.75 Å². The van der Waals surface area contributed by atoms with Crippen LogP contribution < -0.4 is 15.0 Å². The van der Waals surface area contributed by atoms with Gasteiger partial charge in [-0.25, -0.2) is 0 Å². The Morgan fingerprint density at radius 3 is 2.62 bits per heavy atom. The lowest BCUT2D eigenvalue weighted by molar-refractivity contribution is -0.118. The van der Waals surface area contributed by atoms with Crippen LogP contribution in [0, 0.1) is 6.92 Å². The zero-order chi connectivity index (χ0) is 17.7. The maximum atomic E-state index is 12.0. The molecule has 0 radical (unpaired) electrons. The third kappa shape index (κ3) is 4.73. The van der Waals surface area contributed by atoms with E-state index in [1.807, 2.05) is 6.92 Å². The summed E-state index contributed by atoms with van der Waals surface area (Å²) >= 11 is 5.89. The lowest BCUT2D eigenvalue weighted by Crippen LogP contribution is -2.23. The first-order valence-corrected chi connectivity index (χ1v) is 7.78. The zero-order valence-corrected chi connectivity index (χ0v) is 14.6. The van der Waals surface area contributed by atoms with Crippen molar-refractivity contribution < 1.29 is 14.3 Å². The van der Waals surface area contributed by atoms with Crippen molar-refractivity contribution >= 4 is 34.8 Å². The molecule has 0 atom stereocenters. The van der Waals surface area contributed by atoms with E-state index >= 15 is 0 Å². The van der Waals surface area contributed by atoms with E-state index in [2.05, 4.69) is 5.32 Å². The predicted octanol–water partition coefficient (Wildman–Crippen LogP) is 3.65. The number of rotatable bonds is 5. The van der Waals surface area contributed by atoms with E-state index in [-0.39, 0.29) is 18.4 Å². The number of nitrogens with one attached hydrogen (secondary N) is 1. The fraction of sp³-hybridized carbons (Fsp3) is 0.222. The quantitative estimate of drug-likeness (QED) is 0.899. The van der Waals surface area contributed by atoms with Crippen LogP contribution in [0.25, 0.3) is 0 Å². The van der Waals surface area contributed by atoms with Gasteiger partial charge in [0.25, 0.3) is 5.91 Å². The third-order valence-electron chi connectivity index (χ3n) is 3.49. The highest BCUT2D eigenvalue weighted by Gasteiger charge is 2.09. The van der Waals surface area contributed by atoms with E-state index in [9.17, 15) is 9.59 Å². The van der Waals surface area contributed by atoms with E-state index in [1.54, 1.807) is 49.5 Å². The number of carbonyl (C=O) groups excluding carboxylic acids is 2. The molecule has 0 heterocycles. The Labute approximate surface area is 146 Å². The number of ether oxygens (including phenoxy) is 1. The molecule has 0 aliphatic rings. The highest BCUT2D eigenvalue weighted by atomic mass is 35.5. The summed E-state index contributed by atoms with van der Waals surface area (Å²) in [5, 5.41) is 3.37. The zero-order valence-electron chi connectivity index (χ0n) is 13.8. The molecule has 0 saturated heterocycles. The molecule has 126 valence electrons. The van der Waals surface area contributed by atoms with Crippen molar-refractivity contribution in [2.75, 3.05) is 23.9 Å². The van der Waals surface area contributed by atoms with Gasteiger partial charge in [-0.05, 0) is 48.9 Å². The van der Waals surface area contributed by atoms with Crippen LogP contribution in [0.15, 0.2) is 42.5 Å². The molecule has 0 unspecified atom stereocenters. The molecule has 5 nitrogen and oxygen atoms in total. The van der Waals surface area contributed by atoms with Crippen LogP contribution >= 0.6 is 11.6 Å². The monoisotopic (exact) mass is 346 g/mol. The van der Waals surface area contributed by atoms with Gasteiger partial charge in [-0.2, -0.15) is 0 Å². The second-order valence-corrected chi connectivity index (χ2v) is 5.81. The molecular formula is C18H19ClN2O3. The van der Waals surface area contributed by atoms with Gasteiger partial charge in [-0.3, -0.25) is 9.59 Å². The van der Waals surface area contributed by atoms with Crippen molar-refractivity contribution in [3.63, 3.8) is 0 Å². The number of benzene rings is 2. The highest BCUT2D eigenvalue weighted by Crippen LogP contribution is 2.22. The van der Waals surface area contributed by atoms with Gasteiger partial charge >= 0.3 is 0 Å². The van der Waals surface area contributed by atoms with Gasteiger partial charge in [-0.15, -0.1) is 0 Å². The van der Waals surface area contributed by atoms with Crippen molar-refractivity contribution in [2.45, 2.75) is 13.8 Å². The summed E-state index contributed by atoms with van der Waals surface area (Å²) in [5.41, 5.74) is 2.16. The molecule has 0 spiro atoms. The van der Waals surface area contributed by atoms with Gasteiger partial charge < -0.3 is 15.0 Å². The highest BCUT2D eigenvalue weighted by molar-refractivity contribution is 6.30. The van der Waals surface area contributed by atoms with Crippen LogP contribution in [0.4, 0.5) is 11.4 Å². The van der Waals surface area contributed by atoms with Crippen molar-refractivity contribution in [1.29, 1.82) is 0 Å². The lowest BCUT2D eigenvalue weighted by atomic mass is 10.2. The van der Waals surface area contributed by atoms with Gasteiger partial charge in [-0.1, -0.05) is 17.7 Å². The van der Waals surface area contributed by atoms with Crippen molar-refractivity contribution in [3.8, 4) is 5.75 Å². The topological polar surface area (TPSA) is 58.6 Å². The molecule has 24 heavy (non-hydrogen) atoms. The van der Waals surface area contributed by atoms with E-state index in [1.165, 1.54) is 11.8 Å². The smallest absolute Gasteiger partial charge is 0.262 e. The number of carbonyl (C=O) groups is 2. The molecule has 1 N–H and O–H groups in total. The maximum Gasteiger partial charge on any atom is 0.262 e. The second kappa shape index (κ2) is 7.84. The lowest BCUT2D eigenvalue weighted by Gasteiger charge is -2.16. The average molecular weight is 347 g/mol. The average Bonchev–Trinajstić information content (AvgIpc) is 2.53. The number of anilines is 2. The number of nitrogens with zero attached hydrogens (tertiary/aromatic N) is 1. The summed E-state index contributed by atoms with van der Waals surface area (Å²) in [4.78, 5) is 24.9. The molecule has 0 fully saturated rings. The maximum absolute atomic E-state index is 12.0. The van der Waals surface area contributed by atoms with Crippen molar-refractivity contribution in [2.24, 2.45) is 0 Å². The standard InChI is InChI=1S/C18H19ClN2O3/c1-12-9-14(19)7-8-17(12)24-11-18(23)20-15-5-4-6-16(10-15)21(3)13(2)22/h4-10H,11H2,1-3H3,(H,20,23). The van der Waals surface area contributed by atoms with Gasteiger partial charge in [0.15, 0.2) is 6.61 Å². The normalized spacial score (nSPS) is 10.2. The molecule has 0 aromatic heterocycles. The number of hydrogen-bond acceptors (Lipinski definition) is 3. The van der Waals surface area contributed by atoms with Gasteiger partial charge in [0.2, 0.25) is 5.91 Å². The Bertz CT molecular complexity index is 762. The summed E-state index contributed by atoms with van der Waals surface area (Å²) in [6.07, 6.45) is 0. The molecule has 2 amide bonds. The Hall–Kier alpha value is -2.53. The number of aryl methyl sites for hydroxylation is 1. The SMILES string of the molecule is CC(=O)N(C)c1cccc(NC(=O)COc2ccc(Cl)cc2C)c1. The number of halogens is 1. The Kier molecular flexibility index (Phi) is 5.82. The first-order chi connectivity index (χ1) is 11.4. The Morgan fingerprint density at radius 2 is 1.96 bits per heavy atom. The minimum Gasteiger partial charge on any atom is -0.483 e. The predicted molar refractivity (Wildman–Crippen MR) is 95.8 cm³/mol. The summed E-state index contributed by atoms with van der Waals surface area (Å²) in [6, 6.07) is 12.3. The molecule has 2 aromatic rings. The molecule has 6 heteroatoms. The van der Waals surface area contributed by atoms with Crippen LogP contribution in [0.1, 0.15) is 12.5 Å². The van der Waals surface area contributed by atoms with Crippen LogP contribution in [0.5, 0.6) is 5.75 Å². The largest absolute Gasteiger partial charge is 0.483 e. The fourth-order valence-corrected chi connectivity index (χ4v) is 2.32. The van der Waals surface area contributed by atoms with E-state index in [0.29, 0.717) is 22.1 Å². The van der Waals surface area contributed by atoms with Crippen LogP contribution in [0.3, 0.4) is 0 Å². The summed E-state index contributed by atoms with van der Waals surface area (Å²) in [6.45, 7) is 3.23. The third-order valence-corrected chi connectivity index (χ3v) is 3.72. The minimum absolute atomic E-state index is 0.0833. The molecule has 0 aliphatic carbocycles. The van der Waals surface area contributed by atoms with E-state index in [0.717, 1.165) is 5.56 Å². The van der Waals surface area contributed by atoms with Crippen LogP contribution in [0.2, 0.25) is 5.02 Å². The number of hydrogen-bond donors (Lipinski definition) is 1. The first kappa shape index (κ1) is 17.8. The molecule has 2 aromatic carbocycles. The van der Waals surface area contributed by atoms with E-state index in [4.69, 9.17) is 16.3 Å². The fourth-order valence-electron chi connectivity index (χ4n) is 2.09. The molecule has 0 aliphatic heterocycles. The first-order valence-electron chi connectivity index (χ1n) is 7.40. The summed E-state index contributed by atoms with van der Waals surface area (Å²) in [5.74, 6) is 0.242. The van der Waals surface area contributed by atoms with Gasteiger partial charge in [0, 0.05) is 30.4 Å².